The minimum atomic E-state index is -0.248. The summed E-state index contributed by atoms with van der Waals surface area (Å²) in [5.74, 6) is 0. The van der Waals surface area contributed by atoms with Crippen LogP contribution >= 0.6 is 11.8 Å². The third kappa shape index (κ3) is 1.31. The van der Waals surface area contributed by atoms with Gasteiger partial charge in [-0.2, -0.15) is 4.80 Å². The van der Waals surface area contributed by atoms with Crippen molar-refractivity contribution in [2.45, 2.75) is 5.16 Å². The fourth-order valence-corrected chi connectivity index (χ4v) is 1.37. The lowest BCUT2D eigenvalue weighted by Gasteiger charge is -1.91. The number of hydrogen-bond acceptors (Lipinski definition) is 5. The van der Waals surface area contributed by atoms with Crippen LogP contribution in [0.1, 0.15) is 0 Å². The number of nitrogens with one attached hydrogen (secondary N) is 1. The van der Waals surface area contributed by atoms with E-state index in [1.54, 1.807) is 7.05 Å². The highest BCUT2D eigenvalue weighted by molar-refractivity contribution is 7.98. The average molecular weight is 197 g/mol. The Balaban J connectivity index is 2.83. The molecule has 0 aromatic carbocycles. The molecular formula is C6H7N5OS. The largest absolute Gasteiger partial charge is 0.299 e. The molecule has 0 amide bonds. The molecule has 2 rings (SSSR count). The fraction of sp³-hybridized carbons (Fsp3) is 0.333. The summed E-state index contributed by atoms with van der Waals surface area (Å²) in [7, 11) is 1.65. The quantitative estimate of drug-likeness (QED) is 0.505. The van der Waals surface area contributed by atoms with E-state index in [1.165, 1.54) is 16.6 Å². The minimum absolute atomic E-state index is 0.248. The van der Waals surface area contributed by atoms with Crippen molar-refractivity contribution >= 4 is 22.9 Å². The Kier molecular flexibility index (Phi) is 1.80. The minimum Gasteiger partial charge on any atom is -0.299 e. The number of nitrogens with zero attached hydrogens (tertiary/aromatic N) is 4. The standard InChI is InChI=1S/C6H7N5OS/c1-11-9-3-4(10-11)7-6(13-2)8-5(3)12/h1-2H3,(H,7,8,10,12). The van der Waals surface area contributed by atoms with Gasteiger partial charge in [-0.25, -0.2) is 4.98 Å². The first-order valence-corrected chi connectivity index (χ1v) is 4.78. The molecule has 0 unspecified atom stereocenters. The summed E-state index contributed by atoms with van der Waals surface area (Å²) in [6.45, 7) is 0. The molecule has 68 valence electrons. The van der Waals surface area contributed by atoms with Crippen molar-refractivity contribution in [3.63, 3.8) is 0 Å². The highest BCUT2D eigenvalue weighted by atomic mass is 32.2. The van der Waals surface area contributed by atoms with Gasteiger partial charge in [-0.3, -0.25) is 9.78 Å². The van der Waals surface area contributed by atoms with Crippen molar-refractivity contribution in [2.24, 2.45) is 7.05 Å². The van der Waals surface area contributed by atoms with E-state index in [-0.39, 0.29) is 11.1 Å². The summed E-state index contributed by atoms with van der Waals surface area (Å²) >= 11 is 1.36. The summed E-state index contributed by atoms with van der Waals surface area (Å²) in [6, 6.07) is 0. The molecule has 13 heavy (non-hydrogen) atoms. The summed E-state index contributed by atoms with van der Waals surface area (Å²) in [5.41, 5.74) is 0.415. The van der Waals surface area contributed by atoms with Crippen molar-refractivity contribution in [3.05, 3.63) is 10.4 Å². The number of aromatic nitrogens is 5. The Morgan fingerprint density at radius 3 is 2.92 bits per heavy atom. The second-order valence-electron chi connectivity index (χ2n) is 2.44. The van der Waals surface area contributed by atoms with Crippen molar-refractivity contribution in [3.8, 4) is 0 Å². The Bertz CT molecular complexity index is 501. The number of aryl methyl sites for hydroxylation is 1. The predicted molar refractivity (Wildman–Crippen MR) is 48.7 cm³/mol. The van der Waals surface area contributed by atoms with Gasteiger partial charge < -0.3 is 0 Å². The van der Waals surface area contributed by atoms with E-state index >= 15 is 0 Å². The molecule has 2 aromatic heterocycles. The van der Waals surface area contributed by atoms with Crippen molar-refractivity contribution in [1.29, 1.82) is 0 Å². The molecule has 0 saturated heterocycles. The van der Waals surface area contributed by atoms with Gasteiger partial charge in [-0.05, 0) is 6.26 Å². The van der Waals surface area contributed by atoms with Crippen LogP contribution in [-0.4, -0.2) is 31.2 Å². The topological polar surface area (TPSA) is 76.5 Å². The zero-order valence-corrected chi connectivity index (χ0v) is 7.92. The lowest BCUT2D eigenvalue weighted by Crippen LogP contribution is -2.08. The Morgan fingerprint density at radius 1 is 1.46 bits per heavy atom. The van der Waals surface area contributed by atoms with Gasteiger partial charge in [0.25, 0.3) is 5.56 Å². The number of rotatable bonds is 1. The predicted octanol–water partition coefficient (Wildman–Crippen LogP) is -0.227. The number of thioether (sulfide) groups is 1. The van der Waals surface area contributed by atoms with Crippen LogP contribution in [0.4, 0.5) is 0 Å². The summed E-state index contributed by atoms with van der Waals surface area (Å²) < 4.78 is 0. The van der Waals surface area contributed by atoms with Crippen molar-refractivity contribution in [2.75, 3.05) is 6.26 Å². The molecular weight excluding hydrogens is 190 g/mol. The van der Waals surface area contributed by atoms with Crippen LogP contribution in [0.25, 0.3) is 11.2 Å². The normalized spacial score (nSPS) is 10.9. The van der Waals surface area contributed by atoms with E-state index in [2.05, 4.69) is 20.2 Å². The zero-order valence-electron chi connectivity index (χ0n) is 7.11. The summed E-state index contributed by atoms with van der Waals surface area (Å²) in [5, 5.41) is 8.38. The lowest BCUT2D eigenvalue weighted by molar-refractivity contribution is 0.663. The molecule has 1 N–H and O–H groups in total. The molecule has 0 fully saturated rings. The van der Waals surface area contributed by atoms with Crippen molar-refractivity contribution in [1.82, 2.24) is 25.0 Å². The molecule has 0 atom stereocenters. The third-order valence-corrected chi connectivity index (χ3v) is 2.11. The maximum atomic E-state index is 11.3. The van der Waals surface area contributed by atoms with E-state index < -0.39 is 0 Å². The van der Waals surface area contributed by atoms with Gasteiger partial charge in [0.15, 0.2) is 10.7 Å². The van der Waals surface area contributed by atoms with Crippen LogP contribution < -0.4 is 5.56 Å². The molecule has 7 heteroatoms. The molecule has 0 spiro atoms. The monoisotopic (exact) mass is 197 g/mol. The molecule has 0 aliphatic heterocycles. The second-order valence-corrected chi connectivity index (χ2v) is 3.23. The molecule has 0 aliphatic rings. The van der Waals surface area contributed by atoms with Gasteiger partial charge in [0, 0.05) is 7.05 Å². The lowest BCUT2D eigenvalue weighted by atomic mass is 10.6. The first-order chi connectivity index (χ1) is 6.20. The van der Waals surface area contributed by atoms with Crippen LogP contribution in [0.5, 0.6) is 0 Å². The second kappa shape index (κ2) is 2.84. The number of fused-ring (bicyclic) bond motifs is 1. The molecule has 0 saturated carbocycles. The average Bonchev–Trinajstić information content (AvgIpc) is 2.46. The Morgan fingerprint density at radius 2 is 2.23 bits per heavy atom. The summed E-state index contributed by atoms with van der Waals surface area (Å²) in [6.07, 6.45) is 1.83. The van der Waals surface area contributed by atoms with Crippen LogP contribution in [0, 0.1) is 0 Å². The Labute approximate surface area is 77.4 Å². The van der Waals surface area contributed by atoms with Crippen LogP contribution in [0.2, 0.25) is 0 Å². The van der Waals surface area contributed by atoms with Gasteiger partial charge in [0.1, 0.15) is 0 Å². The maximum absolute atomic E-state index is 11.3. The van der Waals surface area contributed by atoms with E-state index in [9.17, 15) is 4.79 Å². The highest BCUT2D eigenvalue weighted by Gasteiger charge is 2.07. The van der Waals surface area contributed by atoms with E-state index in [0.29, 0.717) is 10.8 Å². The first-order valence-electron chi connectivity index (χ1n) is 3.56. The number of hydrogen-bond donors (Lipinski definition) is 1. The molecule has 6 nitrogen and oxygen atoms in total. The highest BCUT2D eigenvalue weighted by Crippen LogP contribution is 2.07. The molecule has 0 aliphatic carbocycles. The zero-order chi connectivity index (χ0) is 9.42. The SMILES string of the molecule is CSc1nc2nn(C)nc2c(=O)[nH]1. The van der Waals surface area contributed by atoms with Crippen LogP contribution in [-0.2, 0) is 7.05 Å². The fourth-order valence-electron chi connectivity index (χ4n) is 0.996. The molecule has 0 bridgehead atoms. The van der Waals surface area contributed by atoms with Crippen LogP contribution in [0.15, 0.2) is 9.95 Å². The number of aromatic amines is 1. The van der Waals surface area contributed by atoms with Gasteiger partial charge >= 0.3 is 0 Å². The van der Waals surface area contributed by atoms with Crippen LogP contribution in [0.3, 0.4) is 0 Å². The molecule has 0 radical (unpaired) electrons. The maximum Gasteiger partial charge on any atom is 0.281 e. The van der Waals surface area contributed by atoms with Gasteiger partial charge in [-0.15, -0.1) is 10.2 Å². The summed E-state index contributed by atoms with van der Waals surface area (Å²) in [4.78, 5) is 19.4. The van der Waals surface area contributed by atoms with Gasteiger partial charge in [-0.1, -0.05) is 11.8 Å². The smallest absolute Gasteiger partial charge is 0.281 e. The van der Waals surface area contributed by atoms with E-state index in [0.717, 1.165) is 0 Å². The third-order valence-electron chi connectivity index (χ3n) is 1.53. The van der Waals surface area contributed by atoms with Crippen molar-refractivity contribution < 1.29 is 0 Å². The van der Waals surface area contributed by atoms with Gasteiger partial charge in [0.05, 0.1) is 0 Å². The first kappa shape index (κ1) is 8.24. The Hall–Kier alpha value is -1.37. The van der Waals surface area contributed by atoms with E-state index in [4.69, 9.17) is 0 Å². The molecule has 2 heterocycles. The van der Waals surface area contributed by atoms with E-state index in [1.807, 2.05) is 6.26 Å². The molecule has 2 aromatic rings. The van der Waals surface area contributed by atoms with Gasteiger partial charge in [0.2, 0.25) is 5.65 Å². The number of H-pyrrole nitrogens is 1.